The molecule has 1 atom stereocenters. The van der Waals surface area contributed by atoms with E-state index in [1.54, 1.807) is 23.2 Å². The fourth-order valence-electron chi connectivity index (χ4n) is 2.99. The van der Waals surface area contributed by atoms with Gasteiger partial charge in [-0.25, -0.2) is 0 Å². The number of benzene rings is 1. The normalized spacial score (nSPS) is 17.3. The van der Waals surface area contributed by atoms with Crippen LogP contribution in [0.25, 0.3) is 0 Å². The predicted octanol–water partition coefficient (Wildman–Crippen LogP) is 2.43. The first kappa shape index (κ1) is 17.3. The van der Waals surface area contributed by atoms with Gasteiger partial charge in [0.15, 0.2) is 5.78 Å². The standard InChI is InChI=1S/C20H22N2O3/c1-15-7-8-16(13-21-15)11-20(24)22-9-10-25-14-18(22)12-19(23)17-5-3-2-4-6-17/h2-8,13,18H,9-12,14H2,1H3/t18-/m0/s1. The monoisotopic (exact) mass is 338 g/mol. The van der Waals surface area contributed by atoms with Gasteiger partial charge in [-0.1, -0.05) is 36.4 Å². The number of aromatic nitrogens is 1. The van der Waals surface area contributed by atoms with Crippen molar-refractivity contribution in [2.24, 2.45) is 0 Å². The van der Waals surface area contributed by atoms with Crippen LogP contribution in [0.2, 0.25) is 0 Å². The molecule has 0 unspecified atom stereocenters. The molecule has 3 rings (SSSR count). The van der Waals surface area contributed by atoms with Crippen molar-refractivity contribution in [1.82, 2.24) is 9.88 Å². The first-order valence-corrected chi connectivity index (χ1v) is 8.50. The van der Waals surface area contributed by atoms with Crippen LogP contribution < -0.4 is 0 Å². The Bertz CT molecular complexity index is 728. The first-order chi connectivity index (χ1) is 12.1. The molecule has 2 heterocycles. The van der Waals surface area contributed by atoms with Crippen LogP contribution in [0, 0.1) is 6.92 Å². The fraction of sp³-hybridized carbons (Fsp3) is 0.350. The zero-order chi connectivity index (χ0) is 17.6. The second-order valence-corrected chi connectivity index (χ2v) is 6.29. The Morgan fingerprint density at radius 2 is 2.00 bits per heavy atom. The van der Waals surface area contributed by atoms with Gasteiger partial charge in [-0.05, 0) is 18.6 Å². The number of carbonyl (C=O) groups excluding carboxylic acids is 2. The minimum Gasteiger partial charge on any atom is -0.377 e. The molecule has 25 heavy (non-hydrogen) atoms. The molecule has 2 aromatic rings. The quantitative estimate of drug-likeness (QED) is 0.786. The van der Waals surface area contributed by atoms with E-state index < -0.39 is 0 Å². The Morgan fingerprint density at radius 1 is 1.20 bits per heavy atom. The number of hydrogen-bond acceptors (Lipinski definition) is 4. The molecule has 0 radical (unpaired) electrons. The molecule has 5 nitrogen and oxygen atoms in total. The van der Waals surface area contributed by atoms with Crippen LogP contribution in [0.4, 0.5) is 0 Å². The molecular weight excluding hydrogens is 316 g/mol. The van der Waals surface area contributed by atoms with Crippen molar-refractivity contribution in [2.75, 3.05) is 19.8 Å². The summed E-state index contributed by atoms with van der Waals surface area (Å²) in [6.07, 6.45) is 2.31. The topological polar surface area (TPSA) is 59.5 Å². The van der Waals surface area contributed by atoms with E-state index in [0.29, 0.717) is 31.7 Å². The zero-order valence-electron chi connectivity index (χ0n) is 14.4. The Labute approximate surface area is 147 Å². The minimum atomic E-state index is -0.215. The highest BCUT2D eigenvalue weighted by atomic mass is 16.5. The Balaban J connectivity index is 1.66. The third-order valence-electron chi connectivity index (χ3n) is 4.39. The molecule has 0 saturated carbocycles. The van der Waals surface area contributed by atoms with Crippen LogP contribution in [0.5, 0.6) is 0 Å². The summed E-state index contributed by atoms with van der Waals surface area (Å²) in [4.78, 5) is 31.2. The molecule has 0 bridgehead atoms. The summed E-state index contributed by atoms with van der Waals surface area (Å²) >= 11 is 0. The molecule has 0 spiro atoms. The zero-order valence-corrected chi connectivity index (χ0v) is 14.4. The van der Waals surface area contributed by atoms with E-state index in [9.17, 15) is 9.59 Å². The maximum atomic E-state index is 12.7. The number of ketones is 1. The smallest absolute Gasteiger partial charge is 0.227 e. The maximum Gasteiger partial charge on any atom is 0.227 e. The molecule has 5 heteroatoms. The Kier molecular flexibility index (Phi) is 5.56. The lowest BCUT2D eigenvalue weighted by atomic mass is 10.0. The molecule has 0 aliphatic carbocycles. The van der Waals surface area contributed by atoms with Gasteiger partial charge >= 0.3 is 0 Å². The third kappa shape index (κ3) is 4.51. The van der Waals surface area contributed by atoms with Crippen LogP contribution in [-0.4, -0.2) is 47.4 Å². The van der Waals surface area contributed by atoms with Crippen molar-refractivity contribution in [3.8, 4) is 0 Å². The van der Waals surface area contributed by atoms with Crippen LogP contribution >= 0.6 is 0 Å². The summed E-state index contributed by atoms with van der Waals surface area (Å²) in [6, 6.07) is 12.8. The van der Waals surface area contributed by atoms with E-state index in [4.69, 9.17) is 4.74 Å². The lowest BCUT2D eigenvalue weighted by Crippen LogP contribution is -2.50. The number of carbonyl (C=O) groups is 2. The van der Waals surface area contributed by atoms with Crippen molar-refractivity contribution < 1.29 is 14.3 Å². The number of ether oxygens (including phenoxy) is 1. The van der Waals surface area contributed by atoms with E-state index in [1.807, 2.05) is 37.3 Å². The van der Waals surface area contributed by atoms with Gasteiger partial charge < -0.3 is 9.64 Å². The summed E-state index contributed by atoms with van der Waals surface area (Å²) in [5.41, 5.74) is 2.48. The second-order valence-electron chi connectivity index (χ2n) is 6.29. The number of morpholine rings is 1. The van der Waals surface area contributed by atoms with Crippen molar-refractivity contribution in [2.45, 2.75) is 25.8 Å². The number of amides is 1. The van der Waals surface area contributed by atoms with Gasteiger partial charge in [0, 0.05) is 30.4 Å². The van der Waals surface area contributed by atoms with Gasteiger partial charge in [0.2, 0.25) is 5.91 Å². The number of rotatable bonds is 5. The lowest BCUT2D eigenvalue weighted by Gasteiger charge is -2.35. The molecule has 1 aromatic heterocycles. The highest BCUT2D eigenvalue weighted by molar-refractivity contribution is 5.96. The predicted molar refractivity (Wildman–Crippen MR) is 94.4 cm³/mol. The van der Waals surface area contributed by atoms with Gasteiger partial charge in [-0.2, -0.15) is 0 Å². The number of nitrogens with zero attached hydrogens (tertiary/aromatic N) is 2. The molecule has 1 fully saturated rings. The number of aryl methyl sites for hydroxylation is 1. The molecular formula is C20H22N2O3. The number of hydrogen-bond donors (Lipinski definition) is 0. The van der Waals surface area contributed by atoms with Gasteiger partial charge in [0.25, 0.3) is 0 Å². The van der Waals surface area contributed by atoms with Crippen LogP contribution in [0.1, 0.15) is 28.0 Å². The van der Waals surface area contributed by atoms with E-state index in [0.717, 1.165) is 11.3 Å². The van der Waals surface area contributed by atoms with Crippen LogP contribution in [0.3, 0.4) is 0 Å². The fourth-order valence-corrected chi connectivity index (χ4v) is 2.99. The Morgan fingerprint density at radius 3 is 2.72 bits per heavy atom. The average Bonchev–Trinajstić information content (AvgIpc) is 2.64. The summed E-state index contributed by atoms with van der Waals surface area (Å²) < 4.78 is 5.51. The minimum absolute atomic E-state index is 0.0137. The van der Waals surface area contributed by atoms with Gasteiger partial charge in [-0.3, -0.25) is 14.6 Å². The lowest BCUT2D eigenvalue weighted by molar-refractivity contribution is -0.138. The molecule has 1 aliphatic heterocycles. The van der Waals surface area contributed by atoms with Gasteiger partial charge in [0.1, 0.15) is 0 Å². The number of pyridine rings is 1. The molecule has 1 amide bonds. The SMILES string of the molecule is Cc1ccc(CC(=O)N2CCOC[C@@H]2CC(=O)c2ccccc2)cn1. The highest BCUT2D eigenvalue weighted by Crippen LogP contribution is 2.16. The number of Topliss-reactive ketones (excluding diaryl/α,β-unsaturated/α-hetero) is 1. The Hall–Kier alpha value is -2.53. The average molecular weight is 338 g/mol. The van der Waals surface area contributed by atoms with E-state index in [2.05, 4.69) is 4.98 Å². The van der Waals surface area contributed by atoms with E-state index >= 15 is 0 Å². The third-order valence-corrected chi connectivity index (χ3v) is 4.39. The van der Waals surface area contributed by atoms with Crippen LogP contribution in [0.15, 0.2) is 48.7 Å². The molecule has 130 valence electrons. The molecule has 1 aliphatic rings. The van der Waals surface area contributed by atoms with Crippen molar-refractivity contribution in [1.29, 1.82) is 0 Å². The van der Waals surface area contributed by atoms with Gasteiger partial charge in [0.05, 0.1) is 25.7 Å². The summed E-state index contributed by atoms with van der Waals surface area (Å²) in [6.45, 7) is 3.34. The van der Waals surface area contributed by atoms with Crippen molar-refractivity contribution in [3.63, 3.8) is 0 Å². The van der Waals surface area contributed by atoms with E-state index in [1.165, 1.54) is 0 Å². The van der Waals surface area contributed by atoms with Crippen LogP contribution in [-0.2, 0) is 16.0 Å². The second kappa shape index (κ2) is 8.03. The summed E-state index contributed by atoms with van der Waals surface area (Å²) in [5, 5.41) is 0. The maximum absolute atomic E-state index is 12.7. The van der Waals surface area contributed by atoms with Gasteiger partial charge in [-0.15, -0.1) is 0 Å². The highest BCUT2D eigenvalue weighted by Gasteiger charge is 2.29. The summed E-state index contributed by atoms with van der Waals surface area (Å²) in [5.74, 6) is 0.0470. The largest absolute Gasteiger partial charge is 0.377 e. The van der Waals surface area contributed by atoms with Crippen molar-refractivity contribution in [3.05, 3.63) is 65.5 Å². The first-order valence-electron chi connectivity index (χ1n) is 8.50. The summed E-state index contributed by atoms with van der Waals surface area (Å²) in [7, 11) is 0. The molecule has 1 saturated heterocycles. The van der Waals surface area contributed by atoms with E-state index in [-0.39, 0.29) is 24.2 Å². The van der Waals surface area contributed by atoms with Crippen molar-refractivity contribution >= 4 is 11.7 Å². The molecule has 1 aromatic carbocycles. The molecule has 0 N–H and O–H groups in total.